The Morgan fingerprint density at radius 1 is 1.11 bits per heavy atom. The van der Waals surface area contributed by atoms with E-state index in [-0.39, 0.29) is 18.6 Å². The van der Waals surface area contributed by atoms with Gasteiger partial charge in [-0.25, -0.2) is 4.79 Å². The number of carbonyl (C=O) groups is 2. The molecule has 148 valence electrons. The Morgan fingerprint density at radius 3 is 2.54 bits per heavy atom. The number of amides is 1. The topological polar surface area (TPSA) is 91.1 Å². The van der Waals surface area contributed by atoms with Crippen molar-refractivity contribution in [3.63, 3.8) is 0 Å². The molecule has 2 N–H and O–H groups in total. The summed E-state index contributed by atoms with van der Waals surface area (Å²) in [5.74, 6) is 0.605. The molecule has 1 amide bonds. The number of methoxy groups -OCH3 is 2. The van der Waals surface area contributed by atoms with E-state index in [2.05, 4.69) is 0 Å². The number of anilines is 1. The van der Waals surface area contributed by atoms with E-state index in [9.17, 15) is 9.59 Å². The highest BCUT2D eigenvalue weighted by molar-refractivity contribution is 5.91. The van der Waals surface area contributed by atoms with Gasteiger partial charge < -0.3 is 24.8 Å². The molecule has 3 rings (SSSR count). The summed E-state index contributed by atoms with van der Waals surface area (Å²) in [5, 5.41) is 0. The maximum absolute atomic E-state index is 12.7. The van der Waals surface area contributed by atoms with Gasteiger partial charge in [0.2, 0.25) is 0 Å². The number of hydrogen-bond donors (Lipinski definition) is 1. The van der Waals surface area contributed by atoms with E-state index in [1.54, 1.807) is 43.4 Å². The van der Waals surface area contributed by atoms with E-state index in [0.717, 1.165) is 18.4 Å². The highest BCUT2D eigenvalue weighted by atomic mass is 16.5. The Balaban J connectivity index is 1.69. The molecular weight excluding hydrogens is 360 g/mol. The van der Waals surface area contributed by atoms with Gasteiger partial charge in [0.05, 0.1) is 25.8 Å². The Labute approximate surface area is 164 Å². The van der Waals surface area contributed by atoms with Crippen molar-refractivity contribution in [3.05, 3.63) is 53.6 Å². The third-order valence-electron chi connectivity index (χ3n) is 4.84. The second-order valence-electron chi connectivity index (χ2n) is 6.55. The molecule has 0 bridgehead atoms. The van der Waals surface area contributed by atoms with E-state index in [4.69, 9.17) is 19.9 Å². The highest BCUT2D eigenvalue weighted by Gasteiger charge is 2.32. The van der Waals surface area contributed by atoms with Crippen molar-refractivity contribution >= 4 is 17.6 Å². The van der Waals surface area contributed by atoms with E-state index in [1.807, 2.05) is 18.2 Å². The zero-order valence-electron chi connectivity index (χ0n) is 16.0. The molecule has 0 spiro atoms. The fourth-order valence-electron chi connectivity index (χ4n) is 3.40. The monoisotopic (exact) mass is 384 g/mol. The first-order valence-electron chi connectivity index (χ1n) is 9.07. The third kappa shape index (κ3) is 4.19. The molecule has 1 saturated heterocycles. The Hall–Kier alpha value is -3.22. The average Bonchev–Trinajstić information content (AvgIpc) is 3.21. The van der Waals surface area contributed by atoms with Gasteiger partial charge in [-0.2, -0.15) is 0 Å². The summed E-state index contributed by atoms with van der Waals surface area (Å²) in [6, 6.07) is 11.8. The number of esters is 1. The minimum absolute atomic E-state index is 0.146. The number of rotatable bonds is 6. The van der Waals surface area contributed by atoms with Crippen LogP contribution in [0.2, 0.25) is 0 Å². The van der Waals surface area contributed by atoms with Crippen molar-refractivity contribution in [3.8, 4) is 11.5 Å². The van der Waals surface area contributed by atoms with Gasteiger partial charge in [0.1, 0.15) is 11.5 Å². The lowest BCUT2D eigenvalue weighted by Crippen LogP contribution is -2.34. The van der Waals surface area contributed by atoms with Crippen LogP contribution in [0.1, 0.15) is 34.8 Å². The second kappa shape index (κ2) is 8.65. The van der Waals surface area contributed by atoms with Crippen molar-refractivity contribution in [1.82, 2.24) is 4.90 Å². The molecule has 0 aromatic heterocycles. The van der Waals surface area contributed by atoms with Crippen LogP contribution in [0, 0.1) is 0 Å². The standard InChI is InChI=1S/C21H24N2O5/c1-26-16-9-10-19(27-2)17(12-16)18-4-3-11-23(18)20(24)13-28-21(25)14-5-7-15(22)8-6-14/h5-10,12,18H,3-4,11,13,22H2,1-2H3/t18-/m1/s1. The molecule has 7 nitrogen and oxygen atoms in total. The minimum atomic E-state index is -0.553. The molecule has 7 heteroatoms. The van der Waals surface area contributed by atoms with Gasteiger partial charge in [-0.05, 0) is 55.3 Å². The fourth-order valence-corrected chi connectivity index (χ4v) is 3.40. The van der Waals surface area contributed by atoms with Crippen LogP contribution in [0.4, 0.5) is 5.69 Å². The quantitative estimate of drug-likeness (QED) is 0.608. The van der Waals surface area contributed by atoms with Crippen molar-refractivity contribution < 1.29 is 23.8 Å². The molecule has 0 radical (unpaired) electrons. The van der Waals surface area contributed by atoms with Crippen molar-refractivity contribution in [1.29, 1.82) is 0 Å². The zero-order valence-corrected chi connectivity index (χ0v) is 16.0. The number of likely N-dealkylation sites (tertiary alicyclic amines) is 1. The third-order valence-corrected chi connectivity index (χ3v) is 4.84. The van der Waals surface area contributed by atoms with Gasteiger partial charge in [0, 0.05) is 17.8 Å². The largest absolute Gasteiger partial charge is 0.497 e. The van der Waals surface area contributed by atoms with Gasteiger partial charge in [0.15, 0.2) is 6.61 Å². The molecule has 1 aliphatic rings. The van der Waals surface area contributed by atoms with Crippen molar-refractivity contribution in [2.45, 2.75) is 18.9 Å². The zero-order chi connectivity index (χ0) is 20.1. The molecule has 1 atom stereocenters. The maximum Gasteiger partial charge on any atom is 0.338 e. The number of nitrogens with zero attached hydrogens (tertiary/aromatic N) is 1. The summed E-state index contributed by atoms with van der Waals surface area (Å²) >= 11 is 0. The lowest BCUT2D eigenvalue weighted by Gasteiger charge is -2.26. The first-order valence-corrected chi connectivity index (χ1v) is 9.07. The lowest BCUT2D eigenvalue weighted by molar-refractivity contribution is -0.135. The molecular formula is C21H24N2O5. The Kier molecular flexibility index (Phi) is 6.03. The summed E-state index contributed by atoms with van der Waals surface area (Å²) in [6.45, 7) is 0.287. The van der Waals surface area contributed by atoms with Crippen LogP contribution < -0.4 is 15.2 Å². The Morgan fingerprint density at radius 2 is 1.86 bits per heavy atom. The number of hydrogen-bond acceptors (Lipinski definition) is 6. The van der Waals surface area contributed by atoms with Crippen LogP contribution >= 0.6 is 0 Å². The normalized spacial score (nSPS) is 15.9. The van der Waals surface area contributed by atoms with Crippen LogP contribution in [0.15, 0.2) is 42.5 Å². The summed E-state index contributed by atoms with van der Waals surface area (Å²) < 4.78 is 16.0. The SMILES string of the molecule is COc1ccc(OC)c([C@H]2CCCN2C(=O)COC(=O)c2ccc(N)cc2)c1. The second-order valence-corrected chi connectivity index (χ2v) is 6.55. The lowest BCUT2D eigenvalue weighted by atomic mass is 10.0. The summed E-state index contributed by atoms with van der Waals surface area (Å²) in [7, 11) is 3.20. The number of ether oxygens (including phenoxy) is 3. The fraction of sp³-hybridized carbons (Fsp3) is 0.333. The number of nitrogens with two attached hydrogens (primary N) is 1. The smallest absolute Gasteiger partial charge is 0.338 e. The van der Waals surface area contributed by atoms with Gasteiger partial charge in [-0.1, -0.05) is 0 Å². The molecule has 1 fully saturated rings. The highest BCUT2D eigenvalue weighted by Crippen LogP contribution is 2.38. The summed E-state index contributed by atoms with van der Waals surface area (Å²) in [6.07, 6.45) is 1.67. The molecule has 0 saturated carbocycles. The molecule has 1 aliphatic heterocycles. The van der Waals surface area contributed by atoms with Crippen LogP contribution in [-0.2, 0) is 9.53 Å². The predicted molar refractivity (Wildman–Crippen MR) is 104 cm³/mol. The number of benzene rings is 2. The van der Waals surface area contributed by atoms with E-state index in [0.29, 0.717) is 29.3 Å². The van der Waals surface area contributed by atoms with Crippen molar-refractivity contribution in [2.75, 3.05) is 33.1 Å². The average molecular weight is 384 g/mol. The predicted octanol–water partition coefficient (Wildman–Crippen LogP) is 2.81. The minimum Gasteiger partial charge on any atom is -0.497 e. The molecule has 2 aromatic carbocycles. The molecule has 0 unspecified atom stereocenters. The maximum atomic E-state index is 12.7. The van der Waals surface area contributed by atoms with Gasteiger partial charge in [-0.15, -0.1) is 0 Å². The molecule has 0 aliphatic carbocycles. The van der Waals surface area contributed by atoms with Gasteiger partial charge >= 0.3 is 5.97 Å². The van der Waals surface area contributed by atoms with E-state index in [1.165, 1.54) is 0 Å². The number of nitrogen functional groups attached to an aromatic ring is 1. The van der Waals surface area contributed by atoms with E-state index >= 15 is 0 Å². The molecule has 28 heavy (non-hydrogen) atoms. The Bertz CT molecular complexity index is 850. The van der Waals surface area contributed by atoms with Crippen LogP contribution in [0.25, 0.3) is 0 Å². The molecule has 1 heterocycles. The van der Waals surface area contributed by atoms with Crippen LogP contribution in [0.3, 0.4) is 0 Å². The number of carbonyl (C=O) groups excluding carboxylic acids is 2. The van der Waals surface area contributed by atoms with Crippen molar-refractivity contribution in [2.24, 2.45) is 0 Å². The van der Waals surface area contributed by atoms with Gasteiger partial charge in [-0.3, -0.25) is 4.79 Å². The molecule has 2 aromatic rings. The summed E-state index contributed by atoms with van der Waals surface area (Å²) in [5.41, 5.74) is 7.41. The summed E-state index contributed by atoms with van der Waals surface area (Å²) in [4.78, 5) is 26.6. The van der Waals surface area contributed by atoms with Gasteiger partial charge in [0.25, 0.3) is 5.91 Å². The van der Waals surface area contributed by atoms with E-state index < -0.39 is 5.97 Å². The van der Waals surface area contributed by atoms with Crippen LogP contribution in [0.5, 0.6) is 11.5 Å². The first-order chi connectivity index (χ1) is 13.5. The first kappa shape index (κ1) is 19.5. The van der Waals surface area contributed by atoms with Crippen LogP contribution in [-0.4, -0.2) is 44.1 Å².